The first-order chi connectivity index (χ1) is 3.25. The van der Waals surface area contributed by atoms with Gasteiger partial charge in [-0.05, 0) is 13.8 Å². The molecule has 0 N–H and O–H groups in total. The standard InChI is InChI=1S/C3H6BrClO2S/c1-3(2,4)8(5,6)7/h1-2H3. The van der Waals surface area contributed by atoms with E-state index in [4.69, 9.17) is 10.7 Å². The molecule has 0 fully saturated rings. The van der Waals surface area contributed by atoms with Crippen LogP contribution in [0, 0.1) is 0 Å². The first-order valence-corrected chi connectivity index (χ1v) is 4.98. The first-order valence-electron chi connectivity index (χ1n) is 1.88. The van der Waals surface area contributed by atoms with Gasteiger partial charge < -0.3 is 0 Å². The molecule has 2 nitrogen and oxygen atoms in total. The Labute approximate surface area is 61.8 Å². The quantitative estimate of drug-likeness (QED) is 0.499. The first kappa shape index (κ1) is 8.72. The Morgan fingerprint density at radius 3 is 1.62 bits per heavy atom. The zero-order valence-electron chi connectivity index (χ0n) is 4.48. The lowest BCUT2D eigenvalue weighted by atomic mass is 10.6. The van der Waals surface area contributed by atoms with Gasteiger partial charge in [-0.2, -0.15) is 0 Å². The lowest BCUT2D eigenvalue weighted by molar-refractivity contribution is 0.598. The van der Waals surface area contributed by atoms with Crippen LogP contribution in [0.25, 0.3) is 0 Å². The molecule has 0 unspecified atom stereocenters. The highest BCUT2D eigenvalue weighted by Crippen LogP contribution is 2.26. The summed E-state index contributed by atoms with van der Waals surface area (Å²) in [6.07, 6.45) is 0. The predicted octanol–water partition coefficient (Wildman–Crippen LogP) is 1.69. The van der Waals surface area contributed by atoms with Crippen molar-refractivity contribution < 1.29 is 8.42 Å². The number of hydrogen-bond acceptors (Lipinski definition) is 2. The number of hydrogen-bond donors (Lipinski definition) is 0. The zero-order valence-corrected chi connectivity index (χ0v) is 7.64. The second-order valence-corrected chi connectivity index (χ2v) is 7.42. The van der Waals surface area contributed by atoms with Gasteiger partial charge in [0.15, 0.2) is 0 Å². The third kappa shape index (κ3) is 2.33. The molecule has 8 heavy (non-hydrogen) atoms. The van der Waals surface area contributed by atoms with Crippen molar-refractivity contribution >= 4 is 35.7 Å². The zero-order chi connectivity index (χ0) is 7.00. The normalized spacial score (nSPS) is 14.0. The van der Waals surface area contributed by atoms with Gasteiger partial charge >= 0.3 is 0 Å². The Morgan fingerprint density at radius 1 is 1.50 bits per heavy atom. The molecular formula is C3H6BrClO2S. The smallest absolute Gasteiger partial charge is 0.211 e. The van der Waals surface area contributed by atoms with Crippen LogP contribution >= 0.6 is 26.6 Å². The molecule has 0 saturated carbocycles. The van der Waals surface area contributed by atoms with E-state index in [1.54, 1.807) is 0 Å². The van der Waals surface area contributed by atoms with Crippen molar-refractivity contribution in [1.82, 2.24) is 0 Å². The van der Waals surface area contributed by atoms with E-state index in [0.717, 1.165) is 0 Å². The van der Waals surface area contributed by atoms with Crippen LogP contribution in [-0.2, 0) is 9.05 Å². The Kier molecular flexibility index (Phi) is 2.35. The van der Waals surface area contributed by atoms with Crippen molar-refractivity contribution in [3.63, 3.8) is 0 Å². The van der Waals surface area contributed by atoms with Gasteiger partial charge in [-0.1, -0.05) is 15.9 Å². The van der Waals surface area contributed by atoms with Gasteiger partial charge in [0.1, 0.15) is 3.66 Å². The summed E-state index contributed by atoms with van der Waals surface area (Å²) in [6, 6.07) is 0. The largest absolute Gasteiger partial charge is 0.247 e. The van der Waals surface area contributed by atoms with Crippen molar-refractivity contribution in [2.75, 3.05) is 0 Å². The molecule has 0 rings (SSSR count). The maximum atomic E-state index is 10.4. The van der Waals surface area contributed by atoms with Crippen molar-refractivity contribution in [1.29, 1.82) is 0 Å². The molecule has 0 amide bonds. The van der Waals surface area contributed by atoms with E-state index in [1.807, 2.05) is 0 Å². The summed E-state index contributed by atoms with van der Waals surface area (Å²) in [5.74, 6) is 0. The second kappa shape index (κ2) is 2.15. The second-order valence-electron chi connectivity index (χ2n) is 1.80. The Hall–Kier alpha value is 0.720. The molecule has 0 saturated heterocycles. The Bertz CT molecular complexity index is 166. The summed E-state index contributed by atoms with van der Waals surface area (Å²) in [5.41, 5.74) is 0. The molecule has 0 aromatic rings. The predicted molar refractivity (Wildman–Crippen MR) is 37.8 cm³/mol. The monoisotopic (exact) mass is 220 g/mol. The van der Waals surface area contributed by atoms with Crippen molar-refractivity contribution in [2.24, 2.45) is 0 Å². The summed E-state index contributed by atoms with van der Waals surface area (Å²) in [4.78, 5) is 0. The molecular weight excluding hydrogens is 215 g/mol. The highest BCUT2D eigenvalue weighted by Gasteiger charge is 2.28. The maximum absolute atomic E-state index is 10.4. The van der Waals surface area contributed by atoms with Crippen molar-refractivity contribution in [3.05, 3.63) is 0 Å². The van der Waals surface area contributed by atoms with Crippen LogP contribution in [0.2, 0.25) is 0 Å². The molecule has 0 aliphatic carbocycles. The Morgan fingerprint density at radius 2 is 1.62 bits per heavy atom. The molecule has 0 aliphatic heterocycles. The molecule has 0 spiro atoms. The molecule has 50 valence electrons. The van der Waals surface area contributed by atoms with E-state index in [9.17, 15) is 8.42 Å². The fraction of sp³-hybridized carbons (Fsp3) is 1.00. The highest BCUT2D eigenvalue weighted by molar-refractivity contribution is 9.12. The Balaban J connectivity index is 4.53. The average Bonchev–Trinajstić information content (AvgIpc) is 1.25. The molecule has 0 radical (unpaired) electrons. The van der Waals surface area contributed by atoms with Gasteiger partial charge in [-0.15, -0.1) is 0 Å². The minimum atomic E-state index is -3.45. The van der Waals surface area contributed by atoms with Crippen molar-refractivity contribution in [2.45, 2.75) is 17.5 Å². The van der Waals surface area contributed by atoms with Gasteiger partial charge in [-0.25, -0.2) is 8.42 Å². The third-order valence-electron chi connectivity index (χ3n) is 0.580. The van der Waals surface area contributed by atoms with Crippen LogP contribution in [-0.4, -0.2) is 12.1 Å². The number of halogens is 2. The van der Waals surface area contributed by atoms with Gasteiger partial charge in [0.05, 0.1) is 0 Å². The van der Waals surface area contributed by atoms with E-state index in [0.29, 0.717) is 0 Å². The van der Waals surface area contributed by atoms with Crippen LogP contribution < -0.4 is 0 Å². The van der Waals surface area contributed by atoms with Crippen molar-refractivity contribution in [3.8, 4) is 0 Å². The number of alkyl halides is 1. The van der Waals surface area contributed by atoms with Gasteiger partial charge in [0, 0.05) is 10.7 Å². The van der Waals surface area contributed by atoms with E-state index >= 15 is 0 Å². The molecule has 0 atom stereocenters. The summed E-state index contributed by atoms with van der Waals surface area (Å²) in [6.45, 7) is 2.94. The van der Waals surface area contributed by atoms with Crippen LogP contribution in [0.3, 0.4) is 0 Å². The van der Waals surface area contributed by atoms with E-state index in [1.165, 1.54) is 13.8 Å². The molecule has 0 aromatic heterocycles. The molecule has 0 heterocycles. The summed E-state index contributed by atoms with van der Waals surface area (Å²) < 4.78 is 19.7. The van der Waals surface area contributed by atoms with Gasteiger partial charge in [-0.3, -0.25) is 0 Å². The third-order valence-corrected chi connectivity index (χ3v) is 4.73. The maximum Gasteiger partial charge on any atom is 0.247 e. The topological polar surface area (TPSA) is 34.1 Å². The average molecular weight is 222 g/mol. The van der Waals surface area contributed by atoms with E-state index < -0.39 is 12.7 Å². The fourth-order valence-corrected chi connectivity index (χ4v) is 0. The van der Waals surface area contributed by atoms with E-state index in [-0.39, 0.29) is 0 Å². The van der Waals surface area contributed by atoms with Crippen LogP contribution in [0.4, 0.5) is 0 Å². The molecule has 0 aromatic carbocycles. The molecule has 0 aliphatic rings. The van der Waals surface area contributed by atoms with E-state index in [2.05, 4.69) is 15.9 Å². The fourth-order valence-electron chi connectivity index (χ4n) is 0. The highest BCUT2D eigenvalue weighted by atomic mass is 79.9. The minimum Gasteiger partial charge on any atom is -0.211 e. The minimum absolute atomic E-state index is 1.01. The molecule has 5 heteroatoms. The van der Waals surface area contributed by atoms with Gasteiger partial charge in [0.25, 0.3) is 0 Å². The van der Waals surface area contributed by atoms with Crippen LogP contribution in [0.15, 0.2) is 0 Å². The lowest BCUT2D eigenvalue weighted by Gasteiger charge is -2.09. The SMILES string of the molecule is CC(C)(Br)S(=O)(=O)Cl. The number of rotatable bonds is 1. The van der Waals surface area contributed by atoms with Gasteiger partial charge in [0.2, 0.25) is 9.05 Å². The summed E-state index contributed by atoms with van der Waals surface area (Å²) in [5, 5.41) is 0. The van der Waals surface area contributed by atoms with Crippen LogP contribution in [0.5, 0.6) is 0 Å². The lowest BCUT2D eigenvalue weighted by Crippen LogP contribution is -2.18. The summed E-state index contributed by atoms with van der Waals surface area (Å²) in [7, 11) is 1.48. The molecule has 0 bridgehead atoms. The van der Waals surface area contributed by atoms with Crippen LogP contribution in [0.1, 0.15) is 13.8 Å². The summed E-state index contributed by atoms with van der Waals surface area (Å²) >= 11 is 2.88.